The molecular weight excluding hydrogens is 316 g/mol. The maximum atomic E-state index is 13.4. The van der Waals surface area contributed by atoms with Crippen molar-refractivity contribution in [2.45, 2.75) is 31.4 Å². The van der Waals surface area contributed by atoms with E-state index in [9.17, 15) is 8.78 Å². The minimum absolute atomic E-state index is 0.223. The van der Waals surface area contributed by atoms with Crippen molar-refractivity contribution < 1.29 is 18.3 Å². The highest BCUT2D eigenvalue weighted by Gasteiger charge is 2.32. The third-order valence-corrected chi connectivity index (χ3v) is 4.44. The first-order chi connectivity index (χ1) is 11.5. The molecule has 134 valence electrons. The lowest BCUT2D eigenvalue weighted by molar-refractivity contribution is -0.0855. The first-order valence-corrected chi connectivity index (χ1v) is 8.05. The van der Waals surface area contributed by atoms with E-state index in [4.69, 9.17) is 9.47 Å². The van der Waals surface area contributed by atoms with Gasteiger partial charge in [-0.15, -0.1) is 0 Å². The van der Waals surface area contributed by atoms with Crippen LogP contribution in [0, 0.1) is 11.6 Å². The van der Waals surface area contributed by atoms with Crippen LogP contribution in [0.25, 0.3) is 0 Å². The van der Waals surface area contributed by atoms with E-state index in [0.29, 0.717) is 31.3 Å². The highest BCUT2D eigenvalue weighted by molar-refractivity contribution is 5.80. The normalized spacial score (nSPS) is 19.0. The van der Waals surface area contributed by atoms with E-state index >= 15 is 0 Å². The molecule has 0 radical (unpaired) electrons. The van der Waals surface area contributed by atoms with Crippen LogP contribution in [0.2, 0.25) is 0 Å². The summed E-state index contributed by atoms with van der Waals surface area (Å²) in [7, 11) is 3.36. The second kappa shape index (κ2) is 8.39. The summed E-state index contributed by atoms with van der Waals surface area (Å²) in [5, 5.41) is 6.42. The number of ether oxygens (including phenoxy) is 2. The molecule has 1 aromatic carbocycles. The number of guanidine groups is 1. The molecule has 1 atom stereocenters. The number of benzene rings is 1. The Morgan fingerprint density at radius 1 is 1.33 bits per heavy atom. The number of nitrogens with one attached hydrogen (secondary N) is 2. The molecule has 1 aliphatic rings. The molecule has 0 bridgehead atoms. The Morgan fingerprint density at radius 3 is 2.62 bits per heavy atom. The van der Waals surface area contributed by atoms with E-state index in [1.165, 1.54) is 6.07 Å². The Hall–Kier alpha value is -1.73. The Bertz CT molecular complexity index is 575. The lowest BCUT2D eigenvalue weighted by atomic mass is 9.94. The van der Waals surface area contributed by atoms with Gasteiger partial charge in [-0.25, -0.2) is 8.78 Å². The molecule has 1 aliphatic heterocycles. The quantitative estimate of drug-likeness (QED) is 0.638. The van der Waals surface area contributed by atoms with Crippen LogP contribution >= 0.6 is 0 Å². The van der Waals surface area contributed by atoms with Crippen molar-refractivity contribution in [3.05, 3.63) is 35.4 Å². The highest BCUT2D eigenvalue weighted by Crippen LogP contribution is 2.23. The van der Waals surface area contributed by atoms with Crippen molar-refractivity contribution in [1.29, 1.82) is 0 Å². The third kappa shape index (κ3) is 4.64. The Labute approximate surface area is 141 Å². The summed E-state index contributed by atoms with van der Waals surface area (Å²) in [5.41, 5.74) is 0.366. The van der Waals surface area contributed by atoms with Crippen molar-refractivity contribution in [1.82, 2.24) is 10.6 Å². The van der Waals surface area contributed by atoms with Crippen LogP contribution in [-0.2, 0) is 9.47 Å². The zero-order valence-electron chi connectivity index (χ0n) is 14.4. The van der Waals surface area contributed by atoms with Crippen LogP contribution in [0.15, 0.2) is 23.2 Å². The predicted octanol–water partition coefficient (Wildman–Crippen LogP) is 2.39. The van der Waals surface area contributed by atoms with Gasteiger partial charge in [0.15, 0.2) is 17.6 Å². The fourth-order valence-electron chi connectivity index (χ4n) is 2.71. The molecule has 1 heterocycles. The second-order valence-corrected chi connectivity index (χ2v) is 5.96. The van der Waals surface area contributed by atoms with Crippen LogP contribution < -0.4 is 10.6 Å². The summed E-state index contributed by atoms with van der Waals surface area (Å²) < 4.78 is 37.5. The average Bonchev–Trinajstić information content (AvgIpc) is 2.61. The maximum Gasteiger partial charge on any atom is 0.191 e. The van der Waals surface area contributed by atoms with E-state index in [0.717, 1.165) is 18.9 Å². The molecule has 2 N–H and O–H groups in total. The largest absolute Gasteiger partial charge is 0.381 e. The highest BCUT2D eigenvalue weighted by atomic mass is 19.2. The number of rotatable bonds is 5. The summed E-state index contributed by atoms with van der Waals surface area (Å²) in [6.45, 7) is 3.80. The van der Waals surface area contributed by atoms with Gasteiger partial charge in [0.2, 0.25) is 0 Å². The van der Waals surface area contributed by atoms with Crippen molar-refractivity contribution >= 4 is 5.96 Å². The molecule has 1 aromatic rings. The van der Waals surface area contributed by atoms with Gasteiger partial charge in [0.1, 0.15) is 0 Å². The monoisotopic (exact) mass is 341 g/mol. The second-order valence-electron chi connectivity index (χ2n) is 5.96. The van der Waals surface area contributed by atoms with Gasteiger partial charge >= 0.3 is 0 Å². The minimum atomic E-state index is -0.857. The molecule has 1 unspecified atom stereocenters. The fraction of sp³-hybridized carbons (Fsp3) is 0.588. The fourth-order valence-corrected chi connectivity index (χ4v) is 2.71. The molecule has 0 aliphatic carbocycles. The van der Waals surface area contributed by atoms with E-state index in [1.54, 1.807) is 20.2 Å². The van der Waals surface area contributed by atoms with E-state index in [-0.39, 0.29) is 11.6 Å². The van der Waals surface area contributed by atoms with Gasteiger partial charge in [0, 0.05) is 46.8 Å². The first-order valence-electron chi connectivity index (χ1n) is 8.05. The zero-order chi connectivity index (χ0) is 17.6. The van der Waals surface area contributed by atoms with Gasteiger partial charge in [-0.3, -0.25) is 4.99 Å². The number of aliphatic imine (C=N–C) groups is 1. The molecule has 5 nitrogen and oxygen atoms in total. The molecule has 0 amide bonds. The van der Waals surface area contributed by atoms with Crippen molar-refractivity contribution in [2.75, 3.05) is 33.9 Å². The number of hydrogen-bond donors (Lipinski definition) is 2. The predicted molar refractivity (Wildman–Crippen MR) is 89.1 cm³/mol. The Balaban J connectivity index is 1.95. The molecule has 0 saturated carbocycles. The van der Waals surface area contributed by atoms with Crippen LogP contribution in [0.1, 0.15) is 31.4 Å². The van der Waals surface area contributed by atoms with E-state index in [2.05, 4.69) is 15.6 Å². The van der Waals surface area contributed by atoms with Gasteiger partial charge in [-0.2, -0.15) is 0 Å². The van der Waals surface area contributed by atoms with Crippen LogP contribution in [-0.4, -0.2) is 45.5 Å². The molecule has 2 rings (SSSR count). The number of nitrogens with zero attached hydrogens (tertiary/aromatic N) is 1. The van der Waals surface area contributed by atoms with Crippen molar-refractivity contribution in [3.63, 3.8) is 0 Å². The van der Waals surface area contributed by atoms with Gasteiger partial charge in [-0.1, -0.05) is 6.07 Å². The number of methoxy groups -OCH3 is 1. The minimum Gasteiger partial charge on any atom is -0.381 e. The summed E-state index contributed by atoms with van der Waals surface area (Å²) in [6.07, 6.45) is 1.62. The lowest BCUT2D eigenvalue weighted by Crippen LogP contribution is -2.51. The number of hydrogen-bond acceptors (Lipinski definition) is 3. The van der Waals surface area contributed by atoms with Gasteiger partial charge in [0.05, 0.1) is 11.6 Å². The number of halogens is 2. The van der Waals surface area contributed by atoms with Crippen LogP contribution in [0.4, 0.5) is 8.78 Å². The van der Waals surface area contributed by atoms with E-state index < -0.39 is 11.6 Å². The summed E-state index contributed by atoms with van der Waals surface area (Å²) in [4.78, 5) is 4.18. The van der Waals surface area contributed by atoms with E-state index in [1.807, 2.05) is 6.92 Å². The third-order valence-electron chi connectivity index (χ3n) is 4.44. The van der Waals surface area contributed by atoms with Gasteiger partial charge in [-0.05, 0) is 24.6 Å². The summed E-state index contributed by atoms with van der Waals surface area (Å²) >= 11 is 0. The molecule has 1 saturated heterocycles. The zero-order valence-corrected chi connectivity index (χ0v) is 14.4. The molecule has 24 heavy (non-hydrogen) atoms. The van der Waals surface area contributed by atoms with Gasteiger partial charge in [0.25, 0.3) is 0 Å². The smallest absolute Gasteiger partial charge is 0.191 e. The van der Waals surface area contributed by atoms with Crippen molar-refractivity contribution in [3.8, 4) is 0 Å². The SMILES string of the molecule is CN=C(NCC1(OC)CCOCC1)NC(C)c1ccc(F)c(F)c1. The standard InChI is InChI=1S/C17H25F2N3O2/c1-12(13-4-5-14(18)15(19)10-13)22-16(20-2)21-11-17(23-3)6-8-24-9-7-17/h4-5,10,12H,6-9,11H2,1-3H3,(H2,20,21,22). The van der Waals surface area contributed by atoms with Crippen molar-refractivity contribution in [2.24, 2.45) is 4.99 Å². The lowest BCUT2D eigenvalue weighted by Gasteiger charge is -2.36. The van der Waals surface area contributed by atoms with Gasteiger partial charge < -0.3 is 20.1 Å². The summed E-state index contributed by atoms with van der Waals surface area (Å²) in [5.74, 6) is -1.13. The molecule has 7 heteroatoms. The van der Waals surface area contributed by atoms with Crippen LogP contribution in [0.5, 0.6) is 0 Å². The topological polar surface area (TPSA) is 54.9 Å². The average molecular weight is 341 g/mol. The molecule has 1 fully saturated rings. The molecule has 0 spiro atoms. The summed E-state index contributed by atoms with van der Waals surface area (Å²) in [6, 6.07) is 3.65. The first kappa shape index (κ1) is 18.6. The van der Waals surface area contributed by atoms with Crippen LogP contribution in [0.3, 0.4) is 0 Å². The molecular formula is C17H25F2N3O2. The Kier molecular flexibility index (Phi) is 6.51. The molecule has 0 aromatic heterocycles. The maximum absolute atomic E-state index is 13.4. The Morgan fingerprint density at radius 2 is 2.04 bits per heavy atom.